The van der Waals surface area contributed by atoms with Crippen molar-refractivity contribution >= 4 is 33.2 Å². The maximum Gasteiger partial charge on any atom is 0.239 e. The van der Waals surface area contributed by atoms with Crippen LogP contribution in [0.25, 0.3) is 0 Å². The number of hydrogen-bond acceptors (Lipinski definition) is 3. The third-order valence-electron chi connectivity index (χ3n) is 2.78. The molecule has 0 aromatic carbocycles. The number of amides is 1. The second-order valence-electron chi connectivity index (χ2n) is 4.10. The van der Waals surface area contributed by atoms with Crippen LogP contribution in [0.15, 0.2) is 15.2 Å². The Hall–Kier alpha value is -0.390. The number of thiophene rings is 1. The van der Waals surface area contributed by atoms with E-state index in [0.29, 0.717) is 6.54 Å². The Labute approximate surface area is 108 Å². The number of halogens is 1. The predicted octanol–water partition coefficient (Wildman–Crippen LogP) is 2.22. The van der Waals surface area contributed by atoms with Gasteiger partial charge in [-0.25, -0.2) is 0 Å². The second-order valence-corrected chi connectivity index (χ2v) is 6.39. The summed E-state index contributed by atoms with van der Waals surface area (Å²) in [6.07, 6.45) is 2.07. The molecule has 1 amide bonds. The zero-order valence-corrected chi connectivity index (χ0v) is 11.6. The predicted molar refractivity (Wildman–Crippen MR) is 69.5 cm³/mol. The number of nitrogens with one attached hydrogen (secondary N) is 1. The van der Waals surface area contributed by atoms with E-state index in [0.717, 1.165) is 23.2 Å². The van der Waals surface area contributed by atoms with Crippen LogP contribution in [0, 0.1) is 0 Å². The summed E-state index contributed by atoms with van der Waals surface area (Å²) in [5.74, 6) is 0.208. The summed E-state index contributed by atoms with van der Waals surface area (Å²) in [6.45, 7) is 1.66. The Balaban J connectivity index is 1.91. The Morgan fingerprint density at radius 1 is 1.75 bits per heavy atom. The molecule has 0 radical (unpaired) electrons. The third-order valence-corrected chi connectivity index (χ3v) is 4.33. The molecule has 0 bridgehead atoms. The van der Waals surface area contributed by atoms with Crippen molar-refractivity contribution < 1.29 is 4.79 Å². The lowest BCUT2D eigenvalue weighted by Crippen LogP contribution is -2.41. The van der Waals surface area contributed by atoms with Gasteiger partial charge in [-0.1, -0.05) is 0 Å². The SMILES string of the molecule is CN(Cc1csc(Br)c1)C(=O)C1CCCN1. The summed E-state index contributed by atoms with van der Waals surface area (Å²) in [5, 5.41) is 5.31. The molecule has 1 aromatic rings. The van der Waals surface area contributed by atoms with Crippen LogP contribution in [0.2, 0.25) is 0 Å². The summed E-state index contributed by atoms with van der Waals surface area (Å²) in [4.78, 5) is 13.8. The van der Waals surface area contributed by atoms with E-state index in [9.17, 15) is 4.79 Å². The van der Waals surface area contributed by atoms with E-state index in [-0.39, 0.29) is 11.9 Å². The van der Waals surface area contributed by atoms with Gasteiger partial charge in [0.05, 0.1) is 9.83 Å². The molecule has 1 fully saturated rings. The lowest BCUT2D eigenvalue weighted by Gasteiger charge is -2.20. The summed E-state index contributed by atoms with van der Waals surface area (Å²) in [7, 11) is 1.87. The van der Waals surface area contributed by atoms with E-state index in [1.807, 2.05) is 7.05 Å². The molecular weight excluding hydrogens is 288 g/mol. The smallest absolute Gasteiger partial charge is 0.239 e. The largest absolute Gasteiger partial charge is 0.340 e. The lowest BCUT2D eigenvalue weighted by atomic mass is 10.2. The molecule has 0 aliphatic carbocycles. The van der Waals surface area contributed by atoms with Crippen LogP contribution < -0.4 is 5.32 Å². The van der Waals surface area contributed by atoms with Crippen molar-refractivity contribution in [3.8, 4) is 0 Å². The van der Waals surface area contributed by atoms with Gasteiger partial charge in [-0.15, -0.1) is 11.3 Å². The normalized spacial score (nSPS) is 20.0. The minimum atomic E-state index is 0.0343. The van der Waals surface area contributed by atoms with Gasteiger partial charge in [0, 0.05) is 13.6 Å². The van der Waals surface area contributed by atoms with Gasteiger partial charge in [0.15, 0.2) is 0 Å². The van der Waals surface area contributed by atoms with E-state index in [1.165, 1.54) is 5.56 Å². The van der Waals surface area contributed by atoms with Crippen LogP contribution in [0.3, 0.4) is 0 Å². The molecule has 3 nitrogen and oxygen atoms in total. The van der Waals surface area contributed by atoms with E-state index in [1.54, 1.807) is 16.2 Å². The van der Waals surface area contributed by atoms with Crippen LogP contribution >= 0.6 is 27.3 Å². The lowest BCUT2D eigenvalue weighted by molar-refractivity contribution is -0.132. The van der Waals surface area contributed by atoms with Crippen LogP contribution in [0.4, 0.5) is 0 Å². The molecule has 2 rings (SSSR count). The zero-order chi connectivity index (χ0) is 11.5. The van der Waals surface area contributed by atoms with Crippen molar-refractivity contribution in [3.63, 3.8) is 0 Å². The number of carbonyl (C=O) groups is 1. The van der Waals surface area contributed by atoms with Gasteiger partial charge >= 0.3 is 0 Å². The molecule has 1 N–H and O–H groups in total. The highest BCUT2D eigenvalue weighted by atomic mass is 79.9. The first-order valence-electron chi connectivity index (χ1n) is 5.38. The van der Waals surface area contributed by atoms with Gasteiger partial charge in [0.2, 0.25) is 5.91 Å². The van der Waals surface area contributed by atoms with Gasteiger partial charge in [0.1, 0.15) is 0 Å². The van der Waals surface area contributed by atoms with Crippen molar-refractivity contribution in [3.05, 3.63) is 20.8 Å². The molecule has 1 aromatic heterocycles. The average molecular weight is 303 g/mol. The summed E-state index contributed by atoms with van der Waals surface area (Å²) < 4.78 is 1.11. The summed E-state index contributed by atoms with van der Waals surface area (Å²) in [6, 6.07) is 2.10. The first-order valence-corrected chi connectivity index (χ1v) is 7.05. The van der Waals surface area contributed by atoms with E-state index in [4.69, 9.17) is 0 Å². The number of nitrogens with zero attached hydrogens (tertiary/aromatic N) is 1. The average Bonchev–Trinajstić information content (AvgIpc) is 2.88. The molecule has 1 saturated heterocycles. The molecule has 1 aliphatic rings. The van der Waals surface area contributed by atoms with Gasteiger partial charge in [-0.2, -0.15) is 0 Å². The highest BCUT2D eigenvalue weighted by Crippen LogP contribution is 2.21. The van der Waals surface area contributed by atoms with Gasteiger partial charge in [0.25, 0.3) is 0 Å². The molecule has 88 valence electrons. The molecule has 0 spiro atoms. The first kappa shape index (κ1) is 12.1. The molecular formula is C11H15BrN2OS. The first-order chi connectivity index (χ1) is 7.66. The van der Waals surface area contributed by atoms with Crippen LogP contribution in [0.1, 0.15) is 18.4 Å². The molecule has 0 saturated carbocycles. The van der Waals surface area contributed by atoms with Crippen LogP contribution in [-0.2, 0) is 11.3 Å². The van der Waals surface area contributed by atoms with Crippen LogP contribution in [0.5, 0.6) is 0 Å². The number of carbonyl (C=O) groups excluding carboxylic acids is 1. The summed E-state index contributed by atoms with van der Waals surface area (Å²) in [5.41, 5.74) is 1.19. The Morgan fingerprint density at radius 2 is 2.56 bits per heavy atom. The molecule has 16 heavy (non-hydrogen) atoms. The van der Waals surface area contributed by atoms with E-state index >= 15 is 0 Å². The van der Waals surface area contributed by atoms with E-state index in [2.05, 4.69) is 32.7 Å². The second kappa shape index (κ2) is 5.29. The number of hydrogen-bond donors (Lipinski definition) is 1. The van der Waals surface area contributed by atoms with Crippen molar-refractivity contribution in [1.29, 1.82) is 0 Å². The zero-order valence-electron chi connectivity index (χ0n) is 9.20. The molecule has 1 aliphatic heterocycles. The van der Waals surface area contributed by atoms with Crippen LogP contribution in [-0.4, -0.2) is 30.4 Å². The molecule has 2 heterocycles. The van der Waals surface area contributed by atoms with E-state index < -0.39 is 0 Å². The topological polar surface area (TPSA) is 32.3 Å². The van der Waals surface area contributed by atoms with Gasteiger partial charge in [-0.3, -0.25) is 4.79 Å². The van der Waals surface area contributed by atoms with Crippen molar-refractivity contribution in [2.45, 2.75) is 25.4 Å². The maximum atomic E-state index is 12.0. The minimum absolute atomic E-state index is 0.0343. The van der Waals surface area contributed by atoms with Crippen molar-refractivity contribution in [2.75, 3.05) is 13.6 Å². The minimum Gasteiger partial charge on any atom is -0.340 e. The highest BCUT2D eigenvalue weighted by Gasteiger charge is 2.24. The van der Waals surface area contributed by atoms with Gasteiger partial charge < -0.3 is 10.2 Å². The molecule has 1 unspecified atom stereocenters. The summed E-state index contributed by atoms with van der Waals surface area (Å²) >= 11 is 5.08. The Morgan fingerprint density at radius 3 is 3.12 bits per heavy atom. The highest BCUT2D eigenvalue weighted by molar-refractivity contribution is 9.11. The van der Waals surface area contributed by atoms with Crippen molar-refractivity contribution in [1.82, 2.24) is 10.2 Å². The standard InChI is InChI=1S/C11H15BrN2OS/c1-14(6-8-5-10(12)16-7-8)11(15)9-3-2-4-13-9/h5,7,9,13H,2-4,6H2,1H3. The van der Waals surface area contributed by atoms with Gasteiger partial charge in [-0.05, 0) is 52.3 Å². The quantitative estimate of drug-likeness (QED) is 0.928. The Kier molecular flexibility index (Phi) is 4.00. The van der Waals surface area contributed by atoms with Crippen molar-refractivity contribution in [2.24, 2.45) is 0 Å². The Bertz CT molecular complexity index is 374. The number of rotatable bonds is 3. The third kappa shape index (κ3) is 2.84. The maximum absolute atomic E-state index is 12.0. The fraction of sp³-hybridized carbons (Fsp3) is 0.545. The fourth-order valence-corrected chi connectivity index (χ4v) is 3.14. The number of likely N-dealkylation sites (N-methyl/N-ethyl adjacent to an activating group) is 1. The fourth-order valence-electron chi connectivity index (χ4n) is 1.94. The molecule has 5 heteroatoms. The monoisotopic (exact) mass is 302 g/mol. The molecule has 1 atom stereocenters.